The first kappa shape index (κ1) is 16.8. The molecule has 3 rings (SSSR count). The van der Waals surface area contributed by atoms with E-state index in [4.69, 9.17) is 10.5 Å². The summed E-state index contributed by atoms with van der Waals surface area (Å²) in [5.41, 5.74) is 6.16. The number of nitrogens with two attached hydrogens (primary N) is 1. The third-order valence-corrected chi connectivity index (χ3v) is 5.50. The van der Waals surface area contributed by atoms with Gasteiger partial charge in [-0.25, -0.2) is 4.98 Å². The Morgan fingerprint density at radius 1 is 1.35 bits per heavy atom. The van der Waals surface area contributed by atoms with E-state index in [0.29, 0.717) is 18.3 Å². The van der Waals surface area contributed by atoms with Crippen LogP contribution in [-0.2, 0) is 11.2 Å². The third kappa shape index (κ3) is 4.29. The molecule has 0 bridgehead atoms. The molecule has 3 heterocycles. The van der Waals surface area contributed by atoms with Crippen LogP contribution >= 0.6 is 11.3 Å². The average Bonchev–Trinajstić information content (AvgIpc) is 3.05. The quantitative estimate of drug-likeness (QED) is 0.866. The molecule has 0 spiro atoms. The van der Waals surface area contributed by atoms with Gasteiger partial charge in [-0.1, -0.05) is 0 Å². The van der Waals surface area contributed by atoms with Gasteiger partial charge < -0.3 is 15.4 Å². The SMILES string of the molecule is NCCc1nc(C(=O)N2CCCCC2CN2CCOCC2)cs1. The van der Waals surface area contributed by atoms with Crippen molar-refractivity contribution in [2.24, 2.45) is 5.73 Å². The van der Waals surface area contributed by atoms with Crippen LogP contribution in [0.3, 0.4) is 0 Å². The molecule has 1 amide bonds. The molecule has 0 radical (unpaired) electrons. The molecule has 1 aromatic heterocycles. The highest BCUT2D eigenvalue weighted by molar-refractivity contribution is 7.09. The van der Waals surface area contributed by atoms with Gasteiger partial charge in [-0.05, 0) is 25.8 Å². The number of nitrogens with zero attached hydrogens (tertiary/aromatic N) is 3. The molecule has 1 aromatic rings. The summed E-state index contributed by atoms with van der Waals surface area (Å²) in [7, 11) is 0. The number of ether oxygens (including phenoxy) is 1. The maximum absolute atomic E-state index is 12.9. The number of amides is 1. The number of rotatable bonds is 5. The van der Waals surface area contributed by atoms with Crippen LogP contribution in [0.5, 0.6) is 0 Å². The second-order valence-electron chi connectivity index (χ2n) is 6.23. The van der Waals surface area contributed by atoms with E-state index >= 15 is 0 Å². The van der Waals surface area contributed by atoms with Crippen molar-refractivity contribution in [3.05, 3.63) is 16.1 Å². The Morgan fingerprint density at radius 3 is 2.96 bits per heavy atom. The molecule has 1 atom stereocenters. The number of piperidine rings is 1. The molecule has 0 aromatic carbocycles. The first-order valence-corrected chi connectivity index (χ1v) is 9.41. The van der Waals surface area contributed by atoms with Gasteiger partial charge in [0, 0.05) is 44.0 Å². The Balaban J connectivity index is 1.65. The summed E-state index contributed by atoms with van der Waals surface area (Å²) < 4.78 is 5.42. The molecule has 7 heteroatoms. The van der Waals surface area contributed by atoms with E-state index in [-0.39, 0.29) is 5.91 Å². The molecule has 1 unspecified atom stereocenters. The van der Waals surface area contributed by atoms with Crippen molar-refractivity contribution >= 4 is 17.2 Å². The van der Waals surface area contributed by atoms with Crippen LogP contribution in [-0.4, -0.2) is 72.7 Å². The summed E-state index contributed by atoms with van der Waals surface area (Å²) in [6.45, 7) is 5.91. The van der Waals surface area contributed by atoms with Crippen LogP contribution < -0.4 is 5.73 Å². The molecule has 128 valence electrons. The first-order chi connectivity index (χ1) is 11.3. The summed E-state index contributed by atoms with van der Waals surface area (Å²) in [6.07, 6.45) is 4.12. The van der Waals surface area contributed by atoms with Gasteiger partial charge in [0.15, 0.2) is 0 Å². The predicted molar refractivity (Wildman–Crippen MR) is 90.8 cm³/mol. The Hall–Kier alpha value is -1.02. The van der Waals surface area contributed by atoms with Crippen LogP contribution in [0.2, 0.25) is 0 Å². The molecular weight excluding hydrogens is 312 g/mol. The van der Waals surface area contributed by atoms with Crippen LogP contribution in [0.15, 0.2) is 5.38 Å². The lowest BCUT2D eigenvalue weighted by molar-refractivity contribution is 0.0165. The molecule has 2 fully saturated rings. The normalized spacial score (nSPS) is 23.2. The van der Waals surface area contributed by atoms with Gasteiger partial charge in [-0.2, -0.15) is 0 Å². The van der Waals surface area contributed by atoms with Gasteiger partial charge in [0.25, 0.3) is 5.91 Å². The first-order valence-electron chi connectivity index (χ1n) is 8.53. The molecule has 0 saturated carbocycles. The van der Waals surface area contributed by atoms with Crippen molar-refractivity contribution in [1.29, 1.82) is 0 Å². The summed E-state index contributed by atoms with van der Waals surface area (Å²) in [5.74, 6) is 0.0856. The van der Waals surface area contributed by atoms with Crippen molar-refractivity contribution in [2.75, 3.05) is 45.9 Å². The molecule has 6 nitrogen and oxygen atoms in total. The summed E-state index contributed by atoms with van der Waals surface area (Å²) in [6, 6.07) is 0.300. The van der Waals surface area contributed by atoms with Crippen molar-refractivity contribution in [3.63, 3.8) is 0 Å². The lowest BCUT2D eigenvalue weighted by Crippen LogP contribution is -2.51. The zero-order valence-corrected chi connectivity index (χ0v) is 14.4. The van der Waals surface area contributed by atoms with Crippen molar-refractivity contribution < 1.29 is 9.53 Å². The predicted octanol–water partition coefficient (Wildman–Crippen LogP) is 0.971. The van der Waals surface area contributed by atoms with Crippen molar-refractivity contribution in [3.8, 4) is 0 Å². The van der Waals surface area contributed by atoms with Gasteiger partial charge in [-0.3, -0.25) is 9.69 Å². The molecule has 2 aliphatic heterocycles. The van der Waals surface area contributed by atoms with Crippen LogP contribution in [0, 0.1) is 0 Å². The fourth-order valence-corrected chi connectivity index (χ4v) is 4.12. The maximum atomic E-state index is 12.9. The van der Waals surface area contributed by atoms with Gasteiger partial charge in [0.2, 0.25) is 0 Å². The van der Waals surface area contributed by atoms with E-state index in [9.17, 15) is 4.79 Å². The highest BCUT2D eigenvalue weighted by atomic mass is 32.1. The Bertz CT molecular complexity index is 516. The number of hydrogen-bond donors (Lipinski definition) is 1. The number of hydrogen-bond acceptors (Lipinski definition) is 6. The highest BCUT2D eigenvalue weighted by Gasteiger charge is 2.30. The highest BCUT2D eigenvalue weighted by Crippen LogP contribution is 2.22. The lowest BCUT2D eigenvalue weighted by atomic mass is 10.0. The molecule has 23 heavy (non-hydrogen) atoms. The van der Waals surface area contributed by atoms with E-state index in [1.54, 1.807) is 0 Å². The molecule has 2 saturated heterocycles. The van der Waals surface area contributed by atoms with E-state index in [2.05, 4.69) is 9.88 Å². The minimum Gasteiger partial charge on any atom is -0.379 e. The van der Waals surface area contributed by atoms with Gasteiger partial charge in [-0.15, -0.1) is 11.3 Å². The number of aromatic nitrogens is 1. The fraction of sp³-hybridized carbons (Fsp3) is 0.750. The van der Waals surface area contributed by atoms with Gasteiger partial charge in [0.1, 0.15) is 5.69 Å². The van der Waals surface area contributed by atoms with Crippen LogP contribution in [0.4, 0.5) is 0 Å². The number of thiazole rings is 1. The summed E-state index contributed by atoms with van der Waals surface area (Å²) in [5, 5.41) is 2.84. The van der Waals surface area contributed by atoms with E-state index in [1.807, 2.05) is 10.3 Å². The van der Waals surface area contributed by atoms with Crippen LogP contribution in [0.25, 0.3) is 0 Å². The average molecular weight is 338 g/mol. The van der Waals surface area contributed by atoms with Crippen molar-refractivity contribution in [2.45, 2.75) is 31.7 Å². The molecule has 0 aliphatic carbocycles. The second kappa shape index (κ2) is 8.19. The number of carbonyl (C=O) groups is 1. The summed E-state index contributed by atoms with van der Waals surface area (Å²) >= 11 is 1.54. The smallest absolute Gasteiger partial charge is 0.273 e. The number of morpholine rings is 1. The van der Waals surface area contributed by atoms with E-state index < -0.39 is 0 Å². The topological polar surface area (TPSA) is 71.7 Å². The van der Waals surface area contributed by atoms with Gasteiger partial charge in [0.05, 0.1) is 18.2 Å². The van der Waals surface area contributed by atoms with E-state index in [1.165, 1.54) is 17.8 Å². The van der Waals surface area contributed by atoms with Crippen LogP contribution in [0.1, 0.15) is 34.8 Å². The Kier molecular flexibility index (Phi) is 5.99. The number of carbonyl (C=O) groups excluding carboxylic acids is 1. The minimum absolute atomic E-state index is 0.0856. The Labute approximate surface area is 141 Å². The number of likely N-dealkylation sites (tertiary alicyclic amines) is 1. The zero-order valence-electron chi connectivity index (χ0n) is 13.6. The zero-order chi connectivity index (χ0) is 16.1. The van der Waals surface area contributed by atoms with E-state index in [0.717, 1.165) is 63.7 Å². The Morgan fingerprint density at radius 2 is 2.17 bits per heavy atom. The lowest BCUT2D eigenvalue weighted by Gasteiger charge is -2.39. The monoisotopic (exact) mass is 338 g/mol. The minimum atomic E-state index is 0.0856. The standard InChI is InChI=1S/C16H26N4O2S/c17-5-4-15-18-14(12-23-15)16(21)20-6-2-1-3-13(20)11-19-7-9-22-10-8-19/h12-13H,1-11,17H2. The fourth-order valence-electron chi connectivity index (χ4n) is 3.33. The summed E-state index contributed by atoms with van der Waals surface area (Å²) in [4.78, 5) is 21.8. The molecule has 2 N–H and O–H groups in total. The van der Waals surface area contributed by atoms with Crippen molar-refractivity contribution in [1.82, 2.24) is 14.8 Å². The third-order valence-electron chi connectivity index (χ3n) is 4.59. The van der Waals surface area contributed by atoms with Gasteiger partial charge >= 0.3 is 0 Å². The molecular formula is C16H26N4O2S. The molecule has 2 aliphatic rings. The maximum Gasteiger partial charge on any atom is 0.273 e. The largest absolute Gasteiger partial charge is 0.379 e. The second-order valence-corrected chi connectivity index (χ2v) is 7.17.